The number of nitrogens with one attached hydrogen (secondary N) is 3. The van der Waals surface area contributed by atoms with E-state index in [0.29, 0.717) is 43.4 Å². The maximum Gasteiger partial charge on any atom is 0.240 e. The summed E-state index contributed by atoms with van der Waals surface area (Å²) in [6.45, 7) is 4.68. The number of piperazine rings is 1. The first-order chi connectivity index (χ1) is 11.1. The van der Waals surface area contributed by atoms with E-state index < -0.39 is 5.54 Å². The molecule has 0 aromatic carbocycles. The standard InChI is InChI=1S/C14H22N6O2S/c1-2-10-17-13(19-18-10)23-9-11(21)20-7-3-14(4-8-20)12(22)15-5-6-16-14/h16H,2-9H2,1H3,(H,15,22)(H,17,18,19). The Bertz CT molecular complexity index is 582. The molecule has 2 fully saturated rings. The predicted octanol–water partition coefficient (Wildman–Crippen LogP) is -0.460. The lowest BCUT2D eigenvalue weighted by Gasteiger charge is -2.43. The zero-order valence-corrected chi connectivity index (χ0v) is 14.0. The van der Waals surface area contributed by atoms with Crippen molar-refractivity contribution in [1.29, 1.82) is 0 Å². The lowest BCUT2D eigenvalue weighted by atomic mass is 9.85. The van der Waals surface area contributed by atoms with E-state index in [0.717, 1.165) is 18.8 Å². The molecule has 2 aliphatic heterocycles. The van der Waals surface area contributed by atoms with Crippen molar-refractivity contribution in [3.05, 3.63) is 5.82 Å². The van der Waals surface area contributed by atoms with Crippen molar-refractivity contribution >= 4 is 23.6 Å². The lowest BCUT2D eigenvalue weighted by Crippen LogP contribution is -2.67. The van der Waals surface area contributed by atoms with Crippen LogP contribution in [0.5, 0.6) is 0 Å². The van der Waals surface area contributed by atoms with Crippen LogP contribution in [0.15, 0.2) is 5.16 Å². The molecule has 1 aromatic heterocycles. The van der Waals surface area contributed by atoms with Gasteiger partial charge in [-0.25, -0.2) is 4.98 Å². The topological polar surface area (TPSA) is 103 Å². The van der Waals surface area contributed by atoms with Crippen LogP contribution < -0.4 is 10.6 Å². The van der Waals surface area contributed by atoms with Crippen LogP contribution in [0.25, 0.3) is 0 Å². The average Bonchev–Trinajstić information content (AvgIpc) is 3.04. The first-order valence-corrected chi connectivity index (χ1v) is 8.97. The summed E-state index contributed by atoms with van der Waals surface area (Å²) in [5.74, 6) is 1.30. The van der Waals surface area contributed by atoms with Crippen LogP contribution in [0.1, 0.15) is 25.6 Å². The van der Waals surface area contributed by atoms with Crippen molar-refractivity contribution in [3.8, 4) is 0 Å². The third-order valence-corrected chi connectivity index (χ3v) is 5.28. The molecule has 0 bridgehead atoms. The number of carbonyl (C=O) groups is 2. The third kappa shape index (κ3) is 3.50. The quantitative estimate of drug-likeness (QED) is 0.642. The SMILES string of the molecule is CCc1nc(SCC(=O)N2CCC3(CC2)NCCNC3=O)n[nH]1. The van der Waals surface area contributed by atoms with Gasteiger partial charge in [0.05, 0.1) is 5.75 Å². The predicted molar refractivity (Wildman–Crippen MR) is 86.0 cm³/mol. The zero-order chi connectivity index (χ0) is 16.3. The molecule has 3 N–H and O–H groups in total. The van der Waals surface area contributed by atoms with E-state index >= 15 is 0 Å². The number of rotatable bonds is 4. The molecular formula is C14H22N6O2S. The van der Waals surface area contributed by atoms with Crippen LogP contribution in [-0.4, -0.2) is 69.4 Å². The van der Waals surface area contributed by atoms with E-state index in [2.05, 4.69) is 25.8 Å². The van der Waals surface area contributed by atoms with Crippen LogP contribution >= 0.6 is 11.8 Å². The summed E-state index contributed by atoms with van der Waals surface area (Å²) in [6.07, 6.45) is 2.12. The van der Waals surface area contributed by atoms with E-state index in [4.69, 9.17) is 0 Å². The summed E-state index contributed by atoms with van der Waals surface area (Å²) in [6, 6.07) is 0. The molecule has 9 heteroatoms. The molecule has 0 aliphatic carbocycles. The van der Waals surface area contributed by atoms with Crippen molar-refractivity contribution in [1.82, 2.24) is 30.7 Å². The van der Waals surface area contributed by atoms with E-state index in [1.54, 1.807) is 0 Å². The van der Waals surface area contributed by atoms with Crippen molar-refractivity contribution in [2.24, 2.45) is 0 Å². The van der Waals surface area contributed by atoms with Gasteiger partial charge >= 0.3 is 0 Å². The Hall–Kier alpha value is -1.61. The fourth-order valence-corrected chi connectivity index (χ4v) is 3.71. The number of hydrogen-bond donors (Lipinski definition) is 3. The molecule has 3 heterocycles. The fraction of sp³-hybridized carbons (Fsp3) is 0.714. The highest BCUT2D eigenvalue weighted by molar-refractivity contribution is 7.99. The molecule has 126 valence electrons. The minimum atomic E-state index is -0.484. The van der Waals surface area contributed by atoms with Gasteiger partial charge in [-0.05, 0) is 12.8 Å². The molecule has 3 rings (SSSR count). The first kappa shape index (κ1) is 16.3. The smallest absolute Gasteiger partial charge is 0.240 e. The number of carbonyl (C=O) groups excluding carboxylic acids is 2. The molecule has 23 heavy (non-hydrogen) atoms. The van der Waals surface area contributed by atoms with Crippen LogP contribution in [-0.2, 0) is 16.0 Å². The highest BCUT2D eigenvalue weighted by atomic mass is 32.2. The Kier molecular flexibility index (Phi) is 4.86. The van der Waals surface area contributed by atoms with Crippen molar-refractivity contribution in [2.45, 2.75) is 36.9 Å². The summed E-state index contributed by atoms with van der Waals surface area (Å²) in [5, 5.41) is 13.8. The number of aryl methyl sites for hydroxylation is 1. The summed E-state index contributed by atoms with van der Waals surface area (Å²) < 4.78 is 0. The normalized spacial score (nSPS) is 20.6. The molecule has 2 aliphatic rings. The van der Waals surface area contributed by atoms with Gasteiger partial charge in [0.15, 0.2) is 0 Å². The number of nitrogens with zero attached hydrogens (tertiary/aromatic N) is 3. The lowest BCUT2D eigenvalue weighted by molar-refractivity contribution is -0.137. The fourth-order valence-electron chi connectivity index (χ4n) is 2.99. The summed E-state index contributed by atoms with van der Waals surface area (Å²) in [7, 11) is 0. The Labute approximate surface area is 139 Å². The monoisotopic (exact) mass is 338 g/mol. The van der Waals surface area contributed by atoms with Gasteiger partial charge in [-0.1, -0.05) is 18.7 Å². The molecule has 0 unspecified atom stereocenters. The van der Waals surface area contributed by atoms with Gasteiger partial charge in [0.25, 0.3) is 0 Å². The van der Waals surface area contributed by atoms with Crippen molar-refractivity contribution in [3.63, 3.8) is 0 Å². The number of amides is 2. The molecule has 1 spiro atoms. The summed E-state index contributed by atoms with van der Waals surface area (Å²) in [4.78, 5) is 30.5. The number of aromatic amines is 1. The molecule has 0 atom stereocenters. The third-order valence-electron chi connectivity index (χ3n) is 4.45. The number of aromatic nitrogens is 3. The van der Waals surface area contributed by atoms with Crippen LogP contribution in [0.4, 0.5) is 0 Å². The highest BCUT2D eigenvalue weighted by Gasteiger charge is 2.43. The molecule has 0 radical (unpaired) electrons. The second-order valence-corrected chi connectivity index (χ2v) is 6.79. The van der Waals surface area contributed by atoms with Gasteiger partial charge in [-0.2, -0.15) is 0 Å². The summed E-state index contributed by atoms with van der Waals surface area (Å²) >= 11 is 1.35. The van der Waals surface area contributed by atoms with Gasteiger partial charge in [0.2, 0.25) is 17.0 Å². The Morgan fingerprint density at radius 2 is 2.13 bits per heavy atom. The Morgan fingerprint density at radius 3 is 2.78 bits per heavy atom. The molecular weight excluding hydrogens is 316 g/mol. The molecule has 2 saturated heterocycles. The van der Waals surface area contributed by atoms with E-state index in [9.17, 15) is 9.59 Å². The van der Waals surface area contributed by atoms with E-state index in [1.807, 2.05) is 11.8 Å². The highest BCUT2D eigenvalue weighted by Crippen LogP contribution is 2.25. The second-order valence-electron chi connectivity index (χ2n) is 5.85. The van der Waals surface area contributed by atoms with Crippen LogP contribution in [0.2, 0.25) is 0 Å². The summed E-state index contributed by atoms with van der Waals surface area (Å²) in [5.41, 5.74) is -0.484. The first-order valence-electron chi connectivity index (χ1n) is 7.98. The maximum atomic E-state index is 12.3. The Morgan fingerprint density at radius 1 is 1.35 bits per heavy atom. The second kappa shape index (κ2) is 6.88. The van der Waals surface area contributed by atoms with E-state index in [1.165, 1.54) is 11.8 Å². The van der Waals surface area contributed by atoms with Crippen molar-refractivity contribution in [2.75, 3.05) is 31.9 Å². The largest absolute Gasteiger partial charge is 0.353 e. The van der Waals surface area contributed by atoms with Crippen molar-refractivity contribution < 1.29 is 9.59 Å². The molecule has 1 aromatic rings. The Balaban J connectivity index is 1.49. The zero-order valence-electron chi connectivity index (χ0n) is 13.2. The van der Waals surface area contributed by atoms with Crippen LogP contribution in [0, 0.1) is 0 Å². The number of H-pyrrole nitrogens is 1. The minimum Gasteiger partial charge on any atom is -0.353 e. The van der Waals surface area contributed by atoms with Gasteiger partial charge in [-0.3, -0.25) is 14.7 Å². The molecule has 2 amide bonds. The molecule has 0 saturated carbocycles. The number of thioether (sulfide) groups is 1. The van der Waals surface area contributed by atoms with Crippen LogP contribution in [0.3, 0.4) is 0 Å². The number of piperidine rings is 1. The van der Waals surface area contributed by atoms with E-state index in [-0.39, 0.29) is 11.8 Å². The number of likely N-dealkylation sites (tertiary alicyclic amines) is 1. The number of hydrogen-bond acceptors (Lipinski definition) is 6. The minimum absolute atomic E-state index is 0.0676. The van der Waals surface area contributed by atoms with Gasteiger partial charge in [-0.15, -0.1) is 5.10 Å². The van der Waals surface area contributed by atoms with Gasteiger partial charge < -0.3 is 15.5 Å². The van der Waals surface area contributed by atoms with Gasteiger partial charge in [0, 0.05) is 32.6 Å². The maximum absolute atomic E-state index is 12.3. The average molecular weight is 338 g/mol. The van der Waals surface area contributed by atoms with Gasteiger partial charge in [0.1, 0.15) is 11.4 Å². The molecule has 8 nitrogen and oxygen atoms in total.